The number of methoxy groups -OCH3 is 1. The number of carbonyl (C=O) groups is 1. The summed E-state index contributed by atoms with van der Waals surface area (Å²) < 4.78 is 10.7. The summed E-state index contributed by atoms with van der Waals surface area (Å²) in [7, 11) is 1.62. The molecule has 2 heterocycles. The summed E-state index contributed by atoms with van der Waals surface area (Å²) in [5, 5.41) is 4.08. The van der Waals surface area contributed by atoms with Gasteiger partial charge in [0, 0.05) is 18.7 Å². The van der Waals surface area contributed by atoms with E-state index in [1.807, 2.05) is 36.1 Å². The number of hydrogen-bond donors (Lipinski definition) is 0. The van der Waals surface area contributed by atoms with E-state index in [0.29, 0.717) is 18.3 Å². The number of carbonyl (C=O) groups excluding carboxylic acids is 1. The molecule has 1 aliphatic heterocycles. The van der Waals surface area contributed by atoms with Crippen LogP contribution < -0.4 is 4.74 Å². The second-order valence-corrected chi connectivity index (χ2v) is 5.81. The van der Waals surface area contributed by atoms with Crippen LogP contribution in [-0.4, -0.2) is 41.1 Å². The Bertz CT molecular complexity index is 739. The number of aromatic nitrogens is 2. The maximum Gasteiger partial charge on any atom is 0.246 e. The molecular weight excluding hydrogens is 306 g/mol. The largest absolute Gasteiger partial charge is 0.497 e. The van der Waals surface area contributed by atoms with E-state index >= 15 is 0 Å². The third-order valence-electron chi connectivity index (χ3n) is 4.16. The minimum absolute atomic E-state index is 0.0368. The van der Waals surface area contributed by atoms with Gasteiger partial charge in [0.25, 0.3) is 0 Å². The van der Waals surface area contributed by atoms with Gasteiger partial charge in [0.05, 0.1) is 13.0 Å². The molecule has 1 fully saturated rings. The molecule has 1 saturated heterocycles. The van der Waals surface area contributed by atoms with Crippen molar-refractivity contribution in [2.45, 2.75) is 25.7 Å². The first-order valence-electron chi connectivity index (χ1n) is 8.11. The van der Waals surface area contributed by atoms with Crippen LogP contribution in [0.2, 0.25) is 0 Å². The molecule has 6 nitrogen and oxygen atoms in total. The Morgan fingerprint density at radius 2 is 2.33 bits per heavy atom. The predicted octanol–water partition coefficient (Wildman–Crippen LogP) is 3.03. The Morgan fingerprint density at radius 1 is 1.46 bits per heavy atom. The molecule has 0 aliphatic carbocycles. The second-order valence-electron chi connectivity index (χ2n) is 5.81. The first kappa shape index (κ1) is 16.2. The molecule has 1 amide bonds. The summed E-state index contributed by atoms with van der Waals surface area (Å²) in [5.74, 6) is 2.00. The number of hydrogen-bond acceptors (Lipinski definition) is 5. The summed E-state index contributed by atoms with van der Waals surface area (Å²) in [5.41, 5.74) is 0.849. The van der Waals surface area contributed by atoms with Crippen molar-refractivity contribution in [1.82, 2.24) is 15.0 Å². The van der Waals surface area contributed by atoms with Crippen molar-refractivity contribution < 1.29 is 14.1 Å². The Balaban J connectivity index is 1.76. The van der Waals surface area contributed by atoms with Gasteiger partial charge in [-0.1, -0.05) is 23.4 Å². The van der Waals surface area contributed by atoms with Crippen LogP contribution in [0.1, 0.15) is 31.6 Å². The predicted molar refractivity (Wildman–Crippen MR) is 89.7 cm³/mol. The maximum atomic E-state index is 12.0. The third kappa shape index (κ3) is 3.48. The quantitative estimate of drug-likeness (QED) is 0.807. The number of ether oxygens (including phenoxy) is 1. The smallest absolute Gasteiger partial charge is 0.246 e. The zero-order valence-electron chi connectivity index (χ0n) is 13.9. The molecule has 24 heavy (non-hydrogen) atoms. The van der Waals surface area contributed by atoms with Gasteiger partial charge in [-0.2, -0.15) is 4.98 Å². The molecule has 6 heteroatoms. The van der Waals surface area contributed by atoms with Crippen LogP contribution in [0.5, 0.6) is 5.75 Å². The zero-order chi connectivity index (χ0) is 16.9. The minimum Gasteiger partial charge on any atom is -0.497 e. The average Bonchev–Trinajstić information content (AvgIpc) is 3.12. The van der Waals surface area contributed by atoms with E-state index in [0.717, 1.165) is 30.7 Å². The monoisotopic (exact) mass is 327 g/mol. The first-order chi connectivity index (χ1) is 11.7. The second kappa shape index (κ2) is 7.29. The molecule has 1 aromatic carbocycles. The summed E-state index contributed by atoms with van der Waals surface area (Å²) in [6.07, 6.45) is 5.24. The molecule has 1 unspecified atom stereocenters. The zero-order valence-corrected chi connectivity index (χ0v) is 13.9. The van der Waals surface area contributed by atoms with Crippen molar-refractivity contribution in [2.24, 2.45) is 0 Å². The molecule has 0 bridgehead atoms. The van der Waals surface area contributed by atoms with Gasteiger partial charge in [-0.25, -0.2) is 0 Å². The van der Waals surface area contributed by atoms with Crippen molar-refractivity contribution in [1.29, 1.82) is 0 Å². The average molecular weight is 327 g/mol. The summed E-state index contributed by atoms with van der Waals surface area (Å²) >= 11 is 0. The lowest BCUT2D eigenvalue weighted by Crippen LogP contribution is -2.38. The Labute approximate surface area is 141 Å². The summed E-state index contributed by atoms with van der Waals surface area (Å²) in [6.45, 7) is 3.23. The lowest BCUT2D eigenvalue weighted by Gasteiger charge is -2.30. The number of piperidine rings is 1. The van der Waals surface area contributed by atoms with E-state index in [2.05, 4.69) is 10.1 Å². The highest BCUT2D eigenvalue weighted by molar-refractivity contribution is 5.87. The highest BCUT2D eigenvalue weighted by atomic mass is 16.5. The molecule has 0 saturated carbocycles. The van der Waals surface area contributed by atoms with Crippen LogP contribution >= 0.6 is 0 Å². The molecular formula is C18H21N3O3. The van der Waals surface area contributed by atoms with E-state index in [1.165, 1.54) is 0 Å². The number of allylic oxidation sites excluding steroid dienone is 1. The fraction of sp³-hybridized carbons (Fsp3) is 0.389. The lowest BCUT2D eigenvalue weighted by molar-refractivity contribution is -0.127. The number of benzene rings is 1. The molecule has 0 spiro atoms. The molecule has 0 radical (unpaired) electrons. The molecule has 3 rings (SSSR count). The van der Waals surface area contributed by atoms with Crippen LogP contribution in [0.25, 0.3) is 11.4 Å². The van der Waals surface area contributed by atoms with Gasteiger partial charge in [-0.3, -0.25) is 4.79 Å². The van der Waals surface area contributed by atoms with Gasteiger partial charge in [-0.05, 0) is 38.0 Å². The van der Waals surface area contributed by atoms with E-state index < -0.39 is 0 Å². The van der Waals surface area contributed by atoms with Crippen LogP contribution in [0.3, 0.4) is 0 Å². The number of rotatable bonds is 4. The van der Waals surface area contributed by atoms with Crippen LogP contribution in [-0.2, 0) is 4.79 Å². The Kier molecular flexibility index (Phi) is 4.93. The normalized spacial score (nSPS) is 18.1. The molecule has 0 N–H and O–H groups in total. The summed E-state index contributed by atoms with van der Waals surface area (Å²) in [6, 6.07) is 7.55. The van der Waals surface area contributed by atoms with Crippen molar-refractivity contribution in [3.8, 4) is 17.1 Å². The van der Waals surface area contributed by atoms with E-state index in [9.17, 15) is 4.79 Å². The fourth-order valence-electron chi connectivity index (χ4n) is 2.91. The first-order valence-corrected chi connectivity index (χ1v) is 8.11. The van der Waals surface area contributed by atoms with Gasteiger partial charge in [0.1, 0.15) is 5.75 Å². The lowest BCUT2D eigenvalue weighted by atomic mass is 9.98. The van der Waals surface area contributed by atoms with Gasteiger partial charge in [0.15, 0.2) is 0 Å². The van der Waals surface area contributed by atoms with Gasteiger partial charge in [0.2, 0.25) is 17.6 Å². The van der Waals surface area contributed by atoms with Gasteiger partial charge < -0.3 is 14.2 Å². The fourth-order valence-corrected chi connectivity index (χ4v) is 2.91. The van der Waals surface area contributed by atoms with E-state index in [1.54, 1.807) is 19.3 Å². The number of amides is 1. The molecule has 126 valence electrons. The van der Waals surface area contributed by atoms with Gasteiger partial charge >= 0.3 is 0 Å². The van der Waals surface area contributed by atoms with Crippen LogP contribution in [0.4, 0.5) is 0 Å². The SMILES string of the molecule is CC=CC(=O)N1CCCC(c2nc(-c3cccc(OC)c3)no2)C1. The number of likely N-dealkylation sites (tertiary alicyclic amines) is 1. The third-order valence-corrected chi connectivity index (χ3v) is 4.16. The Morgan fingerprint density at radius 3 is 3.12 bits per heavy atom. The van der Waals surface area contributed by atoms with Crippen LogP contribution in [0, 0.1) is 0 Å². The van der Waals surface area contributed by atoms with E-state index in [4.69, 9.17) is 9.26 Å². The van der Waals surface area contributed by atoms with Crippen molar-refractivity contribution >= 4 is 5.91 Å². The van der Waals surface area contributed by atoms with E-state index in [-0.39, 0.29) is 11.8 Å². The molecule has 1 aromatic heterocycles. The van der Waals surface area contributed by atoms with Gasteiger partial charge in [-0.15, -0.1) is 0 Å². The minimum atomic E-state index is 0.0368. The van der Waals surface area contributed by atoms with Crippen molar-refractivity contribution in [3.63, 3.8) is 0 Å². The highest BCUT2D eigenvalue weighted by Gasteiger charge is 2.27. The maximum absolute atomic E-state index is 12.0. The number of nitrogens with zero attached hydrogens (tertiary/aromatic N) is 3. The van der Waals surface area contributed by atoms with Crippen molar-refractivity contribution in [3.05, 3.63) is 42.3 Å². The topological polar surface area (TPSA) is 68.5 Å². The molecule has 1 aliphatic rings. The van der Waals surface area contributed by atoms with Crippen molar-refractivity contribution in [2.75, 3.05) is 20.2 Å². The highest BCUT2D eigenvalue weighted by Crippen LogP contribution is 2.28. The molecule has 1 atom stereocenters. The summed E-state index contributed by atoms with van der Waals surface area (Å²) in [4.78, 5) is 18.4. The standard InChI is InChI=1S/C18H21N3O3/c1-3-6-16(22)21-10-5-8-14(12-21)18-19-17(20-24-18)13-7-4-9-15(11-13)23-2/h3-4,6-7,9,11,14H,5,8,10,12H2,1-2H3. The van der Waals surface area contributed by atoms with Crippen LogP contribution in [0.15, 0.2) is 40.9 Å². The molecule has 2 aromatic rings. The Hall–Kier alpha value is -2.63.